The first kappa shape index (κ1) is 16.3. The van der Waals surface area contributed by atoms with Crippen molar-refractivity contribution >= 4 is 11.6 Å². The van der Waals surface area contributed by atoms with Crippen molar-refractivity contribution in [3.8, 4) is 6.07 Å². The normalized spacial score (nSPS) is 29.9. The maximum absolute atomic E-state index is 14.8. The second-order valence-corrected chi connectivity index (χ2v) is 7.39. The zero-order valence-corrected chi connectivity index (χ0v) is 14.0. The summed E-state index contributed by atoms with van der Waals surface area (Å²) in [7, 11) is 0. The number of halogens is 2. The first-order valence-electron chi connectivity index (χ1n) is 8.42. The average Bonchev–Trinajstić information content (AvgIpc) is 2.85. The predicted octanol–water partition coefficient (Wildman–Crippen LogP) is 1.86. The molecule has 2 atom stereocenters. The maximum atomic E-state index is 14.8. The predicted molar refractivity (Wildman–Crippen MR) is 86.2 cm³/mol. The number of hydrogen-bond acceptors (Lipinski definition) is 4. The largest absolute Gasteiger partial charge is 0.374 e. The number of carbonyl (C=O) groups excluding carboxylic acids is 1. The van der Waals surface area contributed by atoms with Gasteiger partial charge in [0.1, 0.15) is 17.4 Å². The fourth-order valence-corrected chi connectivity index (χ4v) is 4.19. The summed E-state index contributed by atoms with van der Waals surface area (Å²) in [5, 5.41) is 9.14. The zero-order valence-electron chi connectivity index (χ0n) is 14.0. The lowest BCUT2D eigenvalue weighted by Gasteiger charge is -2.61. The SMILES string of the molecule is CC1OCCC1(F)C(=O)N1CC2(C1)CN(c1cccc(F)c1C#N)C2. The van der Waals surface area contributed by atoms with E-state index in [-0.39, 0.29) is 24.0 Å². The van der Waals surface area contributed by atoms with Crippen molar-refractivity contribution in [2.24, 2.45) is 5.41 Å². The van der Waals surface area contributed by atoms with Gasteiger partial charge in [-0.05, 0) is 19.1 Å². The van der Waals surface area contributed by atoms with Gasteiger partial charge in [0.05, 0.1) is 18.4 Å². The van der Waals surface area contributed by atoms with Crippen molar-refractivity contribution < 1.29 is 18.3 Å². The van der Waals surface area contributed by atoms with Gasteiger partial charge in [-0.25, -0.2) is 8.78 Å². The highest BCUT2D eigenvalue weighted by Gasteiger charge is 2.59. The Morgan fingerprint density at radius 1 is 1.36 bits per heavy atom. The summed E-state index contributed by atoms with van der Waals surface area (Å²) < 4.78 is 33.8. The molecule has 1 aromatic rings. The highest BCUT2D eigenvalue weighted by atomic mass is 19.1. The molecule has 3 aliphatic heterocycles. The minimum Gasteiger partial charge on any atom is -0.374 e. The van der Waals surface area contributed by atoms with Crippen LogP contribution in [0.3, 0.4) is 0 Å². The molecule has 5 nitrogen and oxygen atoms in total. The molecule has 3 saturated heterocycles. The number of likely N-dealkylation sites (tertiary alicyclic amines) is 1. The van der Waals surface area contributed by atoms with Gasteiger partial charge in [0, 0.05) is 38.0 Å². The summed E-state index contributed by atoms with van der Waals surface area (Å²) in [4.78, 5) is 15.9. The van der Waals surface area contributed by atoms with Crippen molar-refractivity contribution in [1.29, 1.82) is 5.26 Å². The molecule has 1 amide bonds. The molecule has 0 radical (unpaired) electrons. The van der Waals surface area contributed by atoms with Gasteiger partial charge >= 0.3 is 0 Å². The van der Waals surface area contributed by atoms with E-state index in [4.69, 9.17) is 10.00 Å². The van der Waals surface area contributed by atoms with Crippen LogP contribution >= 0.6 is 0 Å². The van der Waals surface area contributed by atoms with E-state index >= 15 is 0 Å². The fraction of sp³-hybridized carbons (Fsp3) is 0.556. The van der Waals surface area contributed by atoms with E-state index in [2.05, 4.69) is 0 Å². The van der Waals surface area contributed by atoms with Gasteiger partial charge < -0.3 is 14.5 Å². The van der Waals surface area contributed by atoms with Crippen LogP contribution in [0.4, 0.5) is 14.5 Å². The van der Waals surface area contributed by atoms with E-state index in [9.17, 15) is 13.6 Å². The number of alkyl halides is 1. The summed E-state index contributed by atoms with van der Waals surface area (Å²) in [5.41, 5.74) is -1.36. The molecule has 3 aliphatic rings. The van der Waals surface area contributed by atoms with E-state index in [1.54, 1.807) is 24.0 Å². The zero-order chi connectivity index (χ0) is 17.8. The molecule has 132 valence electrons. The lowest BCUT2D eigenvalue weighted by Crippen LogP contribution is -2.74. The lowest BCUT2D eigenvalue weighted by atomic mass is 9.71. The first-order valence-corrected chi connectivity index (χ1v) is 8.42. The molecular weight excluding hydrogens is 328 g/mol. The van der Waals surface area contributed by atoms with Gasteiger partial charge in [0.25, 0.3) is 5.91 Å². The van der Waals surface area contributed by atoms with Gasteiger partial charge in [-0.3, -0.25) is 4.79 Å². The molecule has 0 aromatic heterocycles. The molecule has 0 aliphatic carbocycles. The number of amides is 1. The first-order chi connectivity index (χ1) is 11.9. The van der Waals surface area contributed by atoms with Gasteiger partial charge in [-0.15, -0.1) is 0 Å². The Morgan fingerprint density at radius 3 is 2.68 bits per heavy atom. The minimum atomic E-state index is -1.92. The number of nitriles is 1. The van der Waals surface area contributed by atoms with Crippen LogP contribution in [0.5, 0.6) is 0 Å². The van der Waals surface area contributed by atoms with Gasteiger partial charge in [0.15, 0.2) is 0 Å². The molecule has 3 heterocycles. The molecule has 1 aromatic carbocycles. The van der Waals surface area contributed by atoms with E-state index in [0.717, 1.165) is 0 Å². The van der Waals surface area contributed by atoms with Crippen LogP contribution in [-0.4, -0.2) is 55.4 Å². The van der Waals surface area contributed by atoms with Crippen LogP contribution in [0.25, 0.3) is 0 Å². The number of carbonyl (C=O) groups is 1. The molecule has 1 spiro atoms. The third-order valence-corrected chi connectivity index (χ3v) is 5.67. The second-order valence-electron chi connectivity index (χ2n) is 7.39. The number of rotatable bonds is 2. The van der Waals surface area contributed by atoms with E-state index in [0.29, 0.717) is 31.9 Å². The Hall–Kier alpha value is -2.20. The highest BCUT2D eigenvalue weighted by Crippen LogP contribution is 2.45. The topological polar surface area (TPSA) is 56.6 Å². The maximum Gasteiger partial charge on any atom is 0.263 e. The van der Waals surface area contributed by atoms with E-state index < -0.39 is 23.5 Å². The second kappa shape index (κ2) is 5.40. The van der Waals surface area contributed by atoms with Crippen LogP contribution in [0.15, 0.2) is 18.2 Å². The summed E-state index contributed by atoms with van der Waals surface area (Å²) in [6.45, 7) is 4.14. The Balaban J connectivity index is 1.39. The quantitative estimate of drug-likeness (QED) is 0.819. The number of nitrogens with zero attached hydrogens (tertiary/aromatic N) is 3. The number of benzene rings is 1. The number of hydrogen-bond donors (Lipinski definition) is 0. The summed E-state index contributed by atoms with van der Waals surface area (Å²) in [5.74, 6) is -1.01. The number of anilines is 1. The van der Waals surface area contributed by atoms with E-state index in [1.165, 1.54) is 6.07 Å². The molecule has 4 rings (SSSR count). The third kappa shape index (κ3) is 2.31. The van der Waals surface area contributed by atoms with Crippen molar-refractivity contribution in [1.82, 2.24) is 4.90 Å². The van der Waals surface area contributed by atoms with Gasteiger partial charge in [-0.1, -0.05) is 6.07 Å². The highest BCUT2D eigenvalue weighted by molar-refractivity contribution is 5.87. The average molecular weight is 347 g/mol. The molecule has 0 N–H and O–H groups in total. The smallest absolute Gasteiger partial charge is 0.263 e. The summed E-state index contributed by atoms with van der Waals surface area (Å²) in [6.07, 6.45) is -0.600. The monoisotopic (exact) mass is 347 g/mol. The van der Waals surface area contributed by atoms with Gasteiger partial charge in [0.2, 0.25) is 5.67 Å². The lowest BCUT2D eigenvalue weighted by molar-refractivity contribution is -0.161. The molecule has 3 fully saturated rings. The van der Waals surface area contributed by atoms with Crippen molar-refractivity contribution in [2.45, 2.75) is 25.1 Å². The van der Waals surface area contributed by atoms with Gasteiger partial charge in [-0.2, -0.15) is 5.26 Å². The van der Waals surface area contributed by atoms with Crippen LogP contribution < -0.4 is 4.90 Å². The Kier molecular flexibility index (Phi) is 3.51. The Labute approximate surface area is 144 Å². The van der Waals surface area contributed by atoms with Crippen molar-refractivity contribution in [3.05, 3.63) is 29.6 Å². The molecule has 0 bridgehead atoms. The van der Waals surface area contributed by atoms with Crippen LogP contribution in [0.1, 0.15) is 18.9 Å². The standard InChI is InChI=1S/C18H19F2N3O2/c1-12-18(20,5-6-25-12)16(24)23-10-17(11-23)8-22(9-17)15-4-2-3-14(19)13(15)7-21/h2-4,12H,5-6,8-11H2,1H3. The third-order valence-electron chi connectivity index (χ3n) is 5.67. The minimum absolute atomic E-state index is 0.0456. The van der Waals surface area contributed by atoms with Crippen molar-refractivity contribution in [2.75, 3.05) is 37.7 Å². The Morgan fingerprint density at radius 2 is 2.08 bits per heavy atom. The molecule has 0 saturated carbocycles. The molecule has 2 unspecified atom stereocenters. The summed E-state index contributed by atoms with van der Waals surface area (Å²) >= 11 is 0. The Bertz CT molecular complexity index is 764. The fourth-order valence-electron chi connectivity index (χ4n) is 4.19. The van der Waals surface area contributed by atoms with E-state index in [1.807, 2.05) is 11.0 Å². The number of ether oxygens (including phenoxy) is 1. The van der Waals surface area contributed by atoms with Crippen molar-refractivity contribution in [3.63, 3.8) is 0 Å². The van der Waals surface area contributed by atoms with Crippen LogP contribution in [-0.2, 0) is 9.53 Å². The molecular formula is C18H19F2N3O2. The molecule has 7 heteroatoms. The van der Waals surface area contributed by atoms with Crippen LogP contribution in [0, 0.1) is 22.6 Å². The molecule has 25 heavy (non-hydrogen) atoms. The van der Waals surface area contributed by atoms with Crippen LogP contribution in [0.2, 0.25) is 0 Å². The summed E-state index contributed by atoms with van der Waals surface area (Å²) in [6, 6.07) is 6.49.